The van der Waals surface area contributed by atoms with Gasteiger partial charge in [-0.05, 0) is 18.2 Å². The van der Waals surface area contributed by atoms with Gasteiger partial charge in [-0.1, -0.05) is 54.6 Å². The number of halogens is 1. The lowest BCUT2D eigenvalue weighted by molar-refractivity contribution is -0.617. The zero-order chi connectivity index (χ0) is 17.2. The van der Waals surface area contributed by atoms with Gasteiger partial charge in [-0.15, -0.1) is 0 Å². The van der Waals surface area contributed by atoms with Crippen molar-refractivity contribution in [1.82, 2.24) is 0 Å². The van der Waals surface area contributed by atoms with Gasteiger partial charge in [0.15, 0.2) is 0 Å². The summed E-state index contributed by atoms with van der Waals surface area (Å²) in [6, 6.07) is 25.2. The minimum absolute atomic E-state index is 0. The van der Waals surface area contributed by atoms with Crippen LogP contribution in [-0.4, -0.2) is 7.11 Å². The van der Waals surface area contributed by atoms with Crippen LogP contribution in [0.25, 0.3) is 34.0 Å². The van der Waals surface area contributed by atoms with Crippen molar-refractivity contribution in [3.63, 3.8) is 0 Å². The lowest BCUT2D eigenvalue weighted by Gasteiger charge is -2.08. The maximum absolute atomic E-state index is 5.47. The van der Waals surface area contributed by atoms with Gasteiger partial charge in [0.05, 0.1) is 17.9 Å². The first-order valence-corrected chi connectivity index (χ1v) is 8.40. The second-order valence-electron chi connectivity index (χ2n) is 6.08. The topological polar surface area (TPSA) is 13.1 Å². The molecule has 0 amide bonds. The Morgan fingerprint density at radius 1 is 0.731 bits per heavy atom. The molecule has 0 fully saturated rings. The molecule has 0 saturated heterocycles. The lowest BCUT2D eigenvalue weighted by atomic mass is 10.0. The summed E-state index contributed by atoms with van der Waals surface area (Å²) in [4.78, 5) is 0. The molecule has 4 aromatic rings. The molecule has 3 heteroatoms. The molecule has 26 heavy (non-hydrogen) atoms. The molecule has 1 aromatic heterocycles. The first-order valence-electron chi connectivity index (χ1n) is 8.40. The van der Waals surface area contributed by atoms with E-state index >= 15 is 0 Å². The zero-order valence-corrected chi connectivity index (χ0v) is 17.0. The normalized spacial score (nSPS) is 11.0. The van der Waals surface area contributed by atoms with Crippen molar-refractivity contribution >= 4 is 34.0 Å². The number of hydrogen-bond acceptors (Lipinski definition) is 1. The first-order chi connectivity index (χ1) is 12.3. The van der Waals surface area contributed by atoms with Crippen molar-refractivity contribution in [2.75, 3.05) is 7.11 Å². The van der Waals surface area contributed by atoms with Crippen molar-refractivity contribution < 1.29 is 33.3 Å². The predicted octanol–water partition coefficient (Wildman–Crippen LogP) is 2.00. The van der Waals surface area contributed by atoms with Crippen molar-refractivity contribution in [2.24, 2.45) is 7.05 Å². The molecule has 0 unspecified atom stereocenters. The van der Waals surface area contributed by atoms with E-state index in [2.05, 4.69) is 78.4 Å². The summed E-state index contributed by atoms with van der Waals surface area (Å²) in [6.07, 6.45) is 4.33. The van der Waals surface area contributed by atoms with E-state index < -0.39 is 0 Å². The molecular weight excluding hydrogens is 433 g/mol. The molecule has 0 atom stereocenters. The highest BCUT2D eigenvalue weighted by molar-refractivity contribution is 6.01. The van der Waals surface area contributed by atoms with Crippen LogP contribution >= 0.6 is 0 Å². The van der Waals surface area contributed by atoms with Gasteiger partial charge in [-0.3, -0.25) is 0 Å². The summed E-state index contributed by atoms with van der Waals surface area (Å²) in [7, 11) is 3.83. The number of pyridine rings is 1. The van der Waals surface area contributed by atoms with Crippen molar-refractivity contribution in [3.8, 4) is 5.75 Å². The summed E-state index contributed by atoms with van der Waals surface area (Å²) < 4.78 is 7.73. The largest absolute Gasteiger partial charge is 1.00 e. The van der Waals surface area contributed by atoms with Crippen LogP contribution in [-0.2, 0) is 7.05 Å². The number of methoxy groups -OCH3 is 1. The van der Waals surface area contributed by atoms with E-state index in [1.54, 1.807) is 7.11 Å². The van der Waals surface area contributed by atoms with E-state index in [1.165, 1.54) is 27.4 Å². The third-order valence-corrected chi connectivity index (χ3v) is 4.68. The Balaban J connectivity index is 0.00000196. The molecule has 4 rings (SSSR count). The summed E-state index contributed by atoms with van der Waals surface area (Å²) in [6.45, 7) is 0. The Kier molecular flexibility index (Phi) is 5.57. The maximum atomic E-state index is 5.47. The van der Waals surface area contributed by atoms with Gasteiger partial charge in [-0.25, -0.2) is 0 Å². The van der Waals surface area contributed by atoms with Crippen LogP contribution in [0.4, 0.5) is 0 Å². The van der Waals surface area contributed by atoms with Crippen molar-refractivity contribution in [1.29, 1.82) is 0 Å². The summed E-state index contributed by atoms with van der Waals surface area (Å²) in [5.74, 6) is 0.883. The van der Waals surface area contributed by atoms with E-state index in [4.69, 9.17) is 4.74 Å². The fraction of sp³-hybridized carbons (Fsp3) is 0.0870. The van der Waals surface area contributed by atoms with E-state index in [0.717, 1.165) is 11.3 Å². The van der Waals surface area contributed by atoms with E-state index in [1.807, 2.05) is 18.2 Å². The van der Waals surface area contributed by atoms with E-state index in [-0.39, 0.29) is 24.0 Å². The number of aryl methyl sites for hydroxylation is 1. The van der Waals surface area contributed by atoms with Crippen LogP contribution in [0.2, 0.25) is 0 Å². The van der Waals surface area contributed by atoms with Gasteiger partial charge in [0.1, 0.15) is 12.8 Å². The highest BCUT2D eigenvalue weighted by Gasteiger charge is 2.15. The second-order valence-corrected chi connectivity index (χ2v) is 6.08. The average molecular weight is 453 g/mol. The number of fused-ring (bicyclic) bond motifs is 2. The third kappa shape index (κ3) is 3.19. The number of aromatic nitrogens is 1. The first kappa shape index (κ1) is 18.4. The molecule has 0 bridgehead atoms. The molecule has 3 aromatic carbocycles. The third-order valence-electron chi connectivity index (χ3n) is 4.68. The van der Waals surface area contributed by atoms with Crippen molar-refractivity contribution in [3.05, 3.63) is 83.9 Å². The van der Waals surface area contributed by atoms with Gasteiger partial charge in [0.2, 0.25) is 11.0 Å². The quantitative estimate of drug-likeness (QED) is 0.263. The Hall–Kier alpha value is -2.40. The fourth-order valence-corrected chi connectivity index (χ4v) is 3.42. The highest BCUT2D eigenvalue weighted by atomic mass is 127. The number of para-hydroxylation sites is 3. The van der Waals surface area contributed by atoms with Crippen molar-refractivity contribution in [2.45, 2.75) is 0 Å². The number of rotatable bonds is 3. The number of benzene rings is 3. The smallest absolute Gasteiger partial charge is 0.213 e. The summed E-state index contributed by atoms with van der Waals surface area (Å²) in [5, 5.41) is 2.49. The highest BCUT2D eigenvalue weighted by Crippen LogP contribution is 2.27. The van der Waals surface area contributed by atoms with Crippen LogP contribution in [0.3, 0.4) is 0 Å². The molecule has 0 aliphatic heterocycles. The average Bonchev–Trinajstić information content (AvgIpc) is 2.68. The molecular formula is C23H20INO. The van der Waals surface area contributed by atoms with Gasteiger partial charge in [0.25, 0.3) is 0 Å². The molecule has 0 spiro atoms. The van der Waals surface area contributed by atoms with E-state index in [0.29, 0.717) is 0 Å². The molecule has 0 radical (unpaired) electrons. The minimum Gasteiger partial charge on any atom is -1.00 e. The Labute approximate surface area is 170 Å². The van der Waals surface area contributed by atoms with Gasteiger partial charge in [0, 0.05) is 23.3 Å². The molecule has 130 valence electrons. The van der Waals surface area contributed by atoms with Gasteiger partial charge >= 0.3 is 0 Å². The van der Waals surface area contributed by atoms with Crippen LogP contribution in [0, 0.1) is 0 Å². The SMILES string of the molecule is COc1ccccc1/C=C/c1c2ccccc2[n+](C)c2ccccc12.[I-]. The van der Waals surface area contributed by atoms with Crippen LogP contribution < -0.4 is 33.3 Å². The van der Waals surface area contributed by atoms with Crippen LogP contribution in [0.15, 0.2) is 72.8 Å². The summed E-state index contributed by atoms with van der Waals surface area (Å²) in [5.41, 5.74) is 4.75. The Morgan fingerprint density at radius 3 is 1.88 bits per heavy atom. The second kappa shape index (κ2) is 7.87. The van der Waals surface area contributed by atoms with Crippen LogP contribution in [0.1, 0.15) is 11.1 Å². The number of nitrogens with zero attached hydrogens (tertiary/aromatic N) is 1. The Morgan fingerprint density at radius 2 is 1.27 bits per heavy atom. The molecule has 2 nitrogen and oxygen atoms in total. The molecule has 0 aliphatic rings. The van der Waals surface area contributed by atoms with Crippen LogP contribution in [0.5, 0.6) is 5.75 Å². The molecule has 0 saturated carbocycles. The standard InChI is InChI=1S/C23H20NO.HI/c1-24-21-12-6-4-10-19(21)18(20-11-5-7-13-22(20)24)16-15-17-9-3-8-14-23(17)25-2;/h3-16H,1-2H3;1H/q+1;/p-1/b16-15+;. The van der Waals surface area contributed by atoms with E-state index in [9.17, 15) is 0 Å². The molecule has 1 heterocycles. The minimum atomic E-state index is 0. The Bertz CT molecular complexity index is 1040. The lowest BCUT2D eigenvalue weighted by Crippen LogP contribution is -3.00. The number of hydrogen-bond donors (Lipinski definition) is 0. The molecule has 0 N–H and O–H groups in total. The summed E-state index contributed by atoms with van der Waals surface area (Å²) >= 11 is 0. The fourth-order valence-electron chi connectivity index (χ4n) is 3.42. The zero-order valence-electron chi connectivity index (χ0n) is 14.8. The van der Waals surface area contributed by atoms with Gasteiger partial charge < -0.3 is 28.7 Å². The molecule has 0 aliphatic carbocycles. The van der Waals surface area contributed by atoms with Gasteiger partial charge in [-0.2, -0.15) is 4.57 Å². The monoisotopic (exact) mass is 453 g/mol. The predicted molar refractivity (Wildman–Crippen MR) is 105 cm³/mol. The maximum Gasteiger partial charge on any atom is 0.213 e. The number of ether oxygens (including phenoxy) is 1.